The molecule has 0 aromatic heterocycles. The molecule has 2 unspecified atom stereocenters. The van der Waals surface area contributed by atoms with Gasteiger partial charge in [0, 0.05) is 0 Å². The van der Waals surface area contributed by atoms with Crippen molar-refractivity contribution in [1.29, 1.82) is 0 Å². The number of benzene rings is 2. The van der Waals surface area contributed by atoms with E-state index in [2.05, 4.69) is 50.2 Å². The lowest BCUT2D eigenvalue weighted by Crippen LogP contribution is -2.22. The summed E-state index contributed by atoms with van der Waals surface area (Å²) in [6, 6.07) is 15.0. The molecule has 1 N–H and O–H groups in total. The Morgan fingerprint density at radius 3 is 2.65 bits per heavy atom. The Bertz CT molecular complexity index is 615. The van der Waals surface area contributed by atoms with E-state index in [0.29, 0.717) is 5.92 Å². The van der Waals surface area contributed by atoms with Crippen LogP contribution in [0.2, 0.25) is 0 Å². The normalized spacial score (nSPS) is 21.6. The molecule has 0 bridgehead atoms. The Kier molecular flexibility index (Phi) is 3.62. The first-order valence-corrected chi connectivity index (χ1v) is 7.47. The third kappa shape index (κ3) is 2.51. The van der Waals surface area contributed by atoms with Crippen LogP contribution in [0.1, 0.15) is 40.3 Å². The second kappa shape index (κ2) is 5.41. The van der Waals surface area contributed by atoms with Crippen molar-refractivity contribution in [2.45, 2.75) is 39.2 Å². The van der Waals surface area contributed by atoms with Crippen molar-refractivity contribution in [2.24, 2.45) is 5.92 Å². The molecule has 2 aromatic rings. The van der Waals surface area contributed by atoms with E-state index in [4.69, 9.17) is 0 Å². The molecule has 1 nitrogen and oxygen atoms in total. The van der Waals surface area contributed by atoms with E-state index in [1.54, 1.807) is 0 Å². The van der Waals surface area contributed by atoms with E-state index in [1.807, 2.05) is 6.07 Å². The maximum atomic E-state index is 10.6. The van der Waals surface area contributed by atoms with Gasteiger partial charge in [-0.05, 0) is 66.8 Å². The topological polar surface area (TPSA) is 20.2 Å². The monoisotopic (exact) mass is 266 g/mol. The first-order valence-electron chi connectivity index (χ1n) is 7.47. The fraction of sp³-hybridized carbons (Fsp3) is 0.368. The summed E-state index contributed by atoms with van der Waals surface area (Å²) in [4.78, 5) is 0. The van der Waals surface area contributed by atoms with Crippen molar-refractivity contribution in [3.63, 3.8) is 0 Å². The second-order valence-electron chi connectivity index (χ2n) is 6.07. The van der Waals surface area contributed by atoms with Crippen LogP contribution in [0.5, 0.6) is 0 Å². The van der Waals surface area contributed by atoms with Crippen LogP contribution in [0.15, 0.2) is 42.5 Å². The van der Waals surface area contributed by atoms with Gasteiger partial charge in [0.15, 0.2) is 0 Å². The zero-order valence-electron chi connectivity index (χ0n) is 12.3. The lowest BCUT2D eigenvalue weighted by atomic mass is 9.78. The molecular weight excluding hydrogens is 244 g/mol. The van der Waals surface area contributed by atoms with Gasteiger partial charge in [0.05, 0.1) is 6.10 Å². The van der Waals surface area contributed by atoms with Crippen LogP contribution in [-0.4, -0.2) is 5.11 Å². The Hall–Kier alpha value is -1.60. The zero-order valence-corrected chi connectivity index (χ0v) is 12.3. The van der Waals surface area contributed by atoms with Crippen molar-refractivity contribution >= 4 is 0 Å². The lowest BCUT2D eigenvalue weighted by molar-refractivity contribution is 0.0936. The van der Waals surface area contributed by atoms with Gasteiger partial charge in [0.25, 0.3) is 0 Å². The SMILES string of the molecule is Cc1ccc(CC2CCc3ccccc3C2O)cc1C. The minimum Gasteiger partial charge on any atom is -0.388 e. The van der Waals surface area contributed by atoms with Gasteiger partial charge >= 0.3 is 0 Å². The van der Waals surface area contributed by atoms with Crippen LogP contribution >= 0.6 is 0 Å². The highest BCUT2D eigenvalue weighted by molar-refractivity contribution is 5.34. The predicted octanol–water partition coefficient (Wildman–Crippen LogP) is 4.14. The Labute approximate surface area is 121 Å². The molecule has 2 atom stereocenters. The number of aliphatic hydroxyl groups is 1. The average molecular weight is 266 g/mol. The Morgan fingerprint density at radius 1 is 1.05 bits per heavy atom. The molecule has 0 spiro atoms. The van der Waals surface area contributed by atoms with Crippen LogP contribution in [-0.2, 0) is 12.8 Å². The van der Waals surface area contributed by atoms with Gasteiger partial charge < -0.3 is 5.11 Å². The van der Waals surface area contributed by atoms with Crippen molar-refractivity contribution in [2.75, 3.05) is 0 Å². The first-order chi connectivity index (χ1) is 9.65. The first kappa shape index (κ1) is 13.4. The van der Waals surface area contributed by atoms with Gasteiger partial charge in [0.2, 0.25) is 0 Å². The minimum atomic E-state index is -0.318. The smallest absolute Gasteiger partial charge is 0.0824 e. The highest BCUT2D eigenvalue weighted by Gasteiger charge is 2.27. The summed E-state index contributed by atoms with van der Waals surface area (Å²) in [5.74, 6) is 0.340. The van der Waals surface area contributed by atoms with Gasteiger partial charge in [-0.2, -0.15) is 0 Å². The number of hydrogen-bond acceptors (Lipinski definition) is 1. The van der Waals surface area contributed by atoms with E-state index in [-0.39, 0.29) is 6.10 Å². The summed E-state index contributed by atoms with van der Waals surface area (Å²) in [6.07, 6.45) is 2.81. The van der Waals surface area contributed by atoms with Gasteiger partial charge in [0.1, 0.15) is 0 Å². The van der Waals surface area contributed by atoms with Crippen LogP contribution in [0.4, 0.5) is 0 Å². The third-order valence-corrected chi connectivity index (χ3v) is 4.67. The van der Waals surface area contributed by atoms with Gasteiger partial charge in [-0.25, -0.2) is 0 Å². The quantitative estimate of drug-likeness (QED) is 0.866. The van der Waals surface area contributed by atoms with Gasteiger partial charge in [-0.1, -0.05) is 42.5 Å². The number of hydrogen-bond donors (Lipinski definition) is 1. The molecule has 0 saturated carbocycles. The Balaban J connectivity index is 1.81. The maximum Gasteiger partial charge on any atom is 0.0824 e. The summed E-state index contributed by atoms with van der Waals surface area (Å²) in [5.41, 5.74) is 6.47. The lowest BCUT2D eigenvalue weighted by Gasteiger charge is -2.30. The summed E-state index contributed by atoms with van der Waals surface area (Å²) in [5, 5.41) is 10.6. The van der Waals surface area contributed by atoms with E-state index in [9.17, 15) is 5.11 Å². The zero-order chi connectivity index (χ0) is 14.1. The number of fused-ring (bicyclic) bond motifs is 1. The molecule has 20 heavy (non-hydrogen) atoms. The average Bonchev–Trinajstić information content (AvgIpc) is 2.46. The van der Waals surface area contributed by atoms with Crippen LogP contribution in [0.3, 0.4) is 0 Å². The number of aliphatic hydroxyl groups excluding tert-OH is 1. The minimum absolute atomic E-state index is 0.318. The van der Waals surface area contributed by atoms with Crippen molar-refractivity contribution < 1.29 is 5.11 Å². The molecular formula is C19H22O. The van der Waals surface area contributed by atoms with E-state index >= 15 is 0 Å². The highest BCUT2D eigenvalue weighted by Crippen LogP contribution is 2.36. The molecule has 0 heterocycles. The second-order valence-corrected chi connectivity index (χ2v) is 6.07. The molecule has 2 aromatic carbocycles. The van der Waals surface area contributed by atoms with Crippen LogP contribution < -0.4 is 0 Å². The van der Waals surface area contributed by atoms with Crippen molar-refractivity contribution in [3.8, 4) is 0 Å². The number of rotatable bonds is 2. The molecule has 1 aliphatic rings. The van der Waals surface area contributed by atoms with Crippen LogP contribution in [0, 0.1) is 19.8 Å². The molecule has 1 heteroatoms. The molecule has 0 saturated heterocycles. The largest absolute Gasteiger partial charge is 0.388 e. The van der Waals surface area contributed by atoms with E-state index in [0.717, 1.165) is 24.8 Å². The maximum absolute atomic E-state index is 10.6. The molecule has 1 aliphatic carbocycles. The molecule has 0 radical (unpaired) electrons. The molecule has 0 fully saturated rings. The summed E-state index contributed by atoms with van der Waals surface area (Å²) in [7, 11) is 0. The molecule has 3 rings (SSSR count). The molecule has 104 valence electrons. The fourth-order valence-corrected chi connectivity index (χ4v) is 3.25. The van der Waals surface area contributed by atoms with E-state index in [1.165, 1.54) is 22.3 Å². The summed E-state index contributed by atoms with van der Waals surface area (Å²) >= 11 is 0. The van der Waals surface area contributed by atoms with Crippen molar-refractivity contribution in [3.05, 3.63) is 70.3 Å². The standard InChI is InChI=1S/C19H22O/c1-13-7-8-15(11-14(13)2)12-17-10-9-16-5-3-4-6-18(16)19(17)20/h3-8,11,17,19-20H,9-10,12H2,1-2H3. The highest BCUT2D eigenvalue weighted by atomic mass is 16.3. The third-order valence-electron chi connectivity index (χ3n) is 4.67. The van der Waals surface area contributed by atoms with Gasteiger partial charge in [-0.15, -0.1) is 0 Å². The van der Waals surface area contributed by atoms with Gasteiger partial charge in [-0.3, -0.25) is 0 Å². The Morgan fingerprint density at radius 2 is 1.85 bits per heavy atom. The predicted molar refractivity (Wildman–Crippen MR) is 82.8 cm³/mol. The van der Waals surface area contributed by atoms with E-state index < -0.39 is 0 Å². The molecule has 0 amide bonds. The van der Waals surface area contributed by atoms with Crippen LogP contribution in [0.25, 0.3) is 0 Å². The molecule has 0 aliphatic heterocycles. The summed E-state index contributed by atoms with van der Waals surface area (Å²) < 4.78 is 0. The van der Waals surface area contributed by atoms with Crippen molar-refractivity contribution in [1.82, 2.24) is 0 Å². The summed E-state index contributed by atoms with van der Waals surface area (Å²) in [6.45, 7) is 4.30. The fourth-order valence-electron chi connectivity index (χ4n) is 3.25. The number of aryl methyl sites for hydroxylation is 3.